The fourth-order valence-electron chi connectivity index (χ4n) is 3.82. The smallest absolute Gasteiger partial charge is 0.154 e. The molecule has 10 heteroatoms. The van der Waals surface area contributed by atoms with E-state index in [9.17, 15) is 0 Å². The molecule has 0 fully saturated rings. The number of pyridine rings is 2. The van der Waals surface area contributed by atoms with E-state index in [0.29, 0.717) is 46.7 Å². The third-order valence-corrected chi connectivity index (χ3v) is 6.06. The average molecular weight is 541 g/mol. The minimum atomic E-state index is 0.167. The molecule has 0 radical (unpaired) electrons. The van der Waals surface area contributed by atoms with Crippen LogP contribution in [0.3, 0.4) is 0 Å². The number of nitrogens with two attached hydrogens (primary N) is 1. The zero-order valence-electron chi connectivity index (χ0n) is 23.6. The van der Waals surface area contributed by atoms with Crippen LogP contribution in [0.25, 0.3) is 16.6 Å². The van der Waals surface area contributed by atoms with Crippen molar-refractivity contribution in [1.29, 1.82) is 0 Å². The Kier molecular flexibility index (Phi) is 9.58. The molecule has 0 saturated heterocycles. The molecular formula is C30H36N8O2. The second-order valence-corrected chi connectivity index (χ2v) is 9.85. The second kappa shape index (κ2) is 13.5. The summed E-state index contributed by atoms with van der Waals surface area (Å²) in [4.78, 5) is 15.6. The van der Waals surface area contributed by atoms with Gasteiger partial charge in [0.25, 0.3) is 0 Å². The van der Waals surface area contributed by atoms with Gasteiger partial charge in [-0.15, -0.1) is 5.10 Å². The molecule has 3 N–H and O–H groups in total. The fraction of sp³-hybridized carbons (Fsp3) is 0.300. The number of allylic oxidation sites excluding steroid dienone is 1. The molecule has 40 heavy (non-hydrogen) atoms. The van der Waals surface area contributed by atoms with Crippen molar-refractivity contribution in [1.82, 2.24) is 25.1 Å². The predicted octanol–water partition coefficient (Wildman–Crippen LogP) is 4.68. The summed E-state index contributed by atoms with van der Waals surface area (Å²) in [6.45, 7) is 5.81. The number of hydrogen-bond acceptors (Lipinski definition) is 10. The first-order valence-electron chi connectivity index (χ1n) is 13.1. The third-order valence-electron chi connectivity index (χ3n) is 6.06. The molecule has 10 nitrogen and oxygen atoms in total. The summed E-state index contributed by atoms with van der Waals surface area (Å²) in [7, 11) is 5.71. The van der Waals surface area contributed by atoms with Crippen LogP contribution < -0.4 is 20.5 Å². The normalized spacial score (nSPS) is 12.3. The molecule has 0 saturated carbocycles. The highest BCUT2D eigenvalue weighted by Gasteiger charge is 2.11. The lowest BCUT2D eigenvalue weighted by Crippen LogP contribution is -2.19. The maximum absolute atomic E-state index is 6.50. The Morgan fingerprint density at radius 3 is 2.58 bits per heavy atom. The lowest BCUT2D eigenvalue weighted by atomic mass is 10.1. The molecule has 3 aromatic heterocycles. The van der Waals surface area contributed by atoms with Crippen LogP contribution in [0.2, 0.25) is 0 Å². The number of aromatic nitrogens is 4. The van der Waals surface area contributed by atoms with Gasteiger partial charge in [0.2, 0.25) is 0 Å². The van der Waals surface area contributed by atoms with Gasteiger partial charge in [-0.3, -0.25) is 9.98 Å². The van der Waals surface area contributed by atoms with Gasteiger partial charge < -0.3 is 25.4 Å². The highest BCUT2D eigenvalue weighted by molar-refractivity contribution is 6.11. The number of benzene rings is 1. The van der Waals surface area contributed by atoms with Crippen LogP contribution in [-0.2, 0) is 0 Å². The maximum Gasteiger partial charge on any atom is 0.154 e. The van der Waals surface area contributed by atoms with Crippen molar-refractivity contribution in [3.05, 3.63) is 77.7 Å². The summed E-state index contributed by atoms with van der Waals surface area (Å²) in [6, 6.07) is 15.2. The second-order valence-electron chi connectivity index (χ2n) is 9.85. The van der Waals surface area contributed by atoms with Crippen LogP contribution in [0, 0.1) is 0 Å². The SMILES string of the molecule is CN=CC(=C(N)COc1cccc(OCCN(C)C)c1)c1cnc2ccc(Nc3cc(C(C)C)cnn3)nc2c1. The molecule has 208 valence electrons. The molecule has 1 aromatic carbocycles. The Labute approximate surface area is 235 Å². The zero-order valence-corrected chi connectivity index (χ0v) is 23.6. The van der Waals surface area contributed by atoms with Gasteiger partial charge in [-0.1, -0.05) is 19.9 Å². The van der Waals surface area contributed by atoms with Gasteiger partial charge >= 0.3 is 0 Å². The third kappa shape index (κ3) is 7.73. The Bertz CT molecular complexity index is 1500. The molecule has 4 rings (SSSR count). The average Bonchev–Trinajstić information content (AvgIpc) is 2.94. The van der Waals surface area contributed by atoms with E-state index in [0.717, 1.165) is 28.9 Å². The van der Waals surface area contributed by atoms with Gasteiger partial charge in [-0.25, -0.2) is 4.98 Å². The standard InChI is InChI=1S/C30H36N8O2/c1-20(2)21-14-30(37-34-17-21)36-29-10-9-27-28(35-29)13-22(16-33-27)25(18-32-3)26(31)19-40-24-8-6-7-23(15-24)39-12-11-38(4)5/h6-10,13-18,20H,11-12,19,31H2,1-5H3,(H,35,36,37). The van der Waals surface area contributed by atoms with E-state index < -0.39 is 0 Å². The molecule has 4 aromatic rings. The highest BCUT2D eigenvalue weighted by Crippen LogP contribution is 2.24. The van der Waals surface area contributed by atoms with Crippen molar-refractivity contribution in [2.45, 2.75) is 19.8 Å². The van der Waals surface area contributed by atoms with E-state index in [1.807, 2.05) is 62.6 Å². The minimum Gasteiger partial charge on any atom is -0.492 e. The van der Waals surface area contributed by atoms with Crippen molar-refractivity contribution in [2.75, 3.05) is 46.2 Å². The molecule has 0 aliphatic carbocycles. The van der Waals surface area contributed by atoms with Crippen LogP contribution in [-0.4, -0.2) is 72.2 Å². The van der Waals surface area contributed by atoms with Gasteiger partial charge in [-0.2, -0.15) is 5.10 Å². The molecule has 0 bridgehead atoms. The maximum atomic E-state index is 6.50. The zero-order chi connectivity index (χ0) is 28.5. The number of rotatable bonds is 12. The molecule has 0 unspecified atom stereocenters. The Morgan fingerprint density at radius 1 is 1.02 bits per heavy atom. The summed E-state index contributed by atoms with van der Waals surface area (Å²) in [5.41, 5.74) is 11.1. The summed E-state index contributed by atoms with van der Waals surface area (Å²) >= 11 is 0. The Hall–Kier alpha value is -4.57. The first-order valence-corrected chi connectivity index (χ1v) is 13.1. The van der Waals surface area contributed by atoms with E-state index in [1.165, 1.54) is 0 Å². The van der Waals surface area contributed by atoms with Crippen LogP contribution in [0.5, 0.6) is 11.5 Å². The van der Waals surface area contributed by atoms with Crippen LogP contribution in [0.15, 0.2) is 71.6 Å². The lowest BCUT2D eigenvalue weighted by Gasteiger charge is -2.13. The number of anilines is 2. The quantitative estimate of drug-likeness (QED) is 0.247. The van der Waals surface area contributed by atoms with E-state index in [-0.39, 0.29) is 6.61 Å². The van der Waals surface area contributed by atoms with Gasteiger partial charge in [0.1, 0.15) is 30.5 Å². The molecule has 0 atom stereocenters. The van der Waals surface area contributed by atoms with E-state index in [2.05, 4.69) is 44.2 Å². The molecule has 0 aliphatic heterocycles. The first-order chi connectivity index (χ1) is 19.3. The predicted molar refractivity (Wildman–Crippen MR) is 160 cm³/mol. The molecule has 0 amide bonds. The van der Waals surface area contributed by atoms with Crippen molar-refractivity contribution in [2.24, 2.45) is 10.7 Å². The monoisotopic (exact) mass is 540 g/mol. The van der Waals surface area contributed by atoms with E-state index in [1.54, 1.807) is 25.7 Å². The number of ether oxygens (including phenoxy) is 2. The Morgan fingerprint density at radius 2 is 1.82 bits per heavy atom. The van der Waals surface area contributed by atoms with Crippen LogP contribution in [0.1, 0.15) is 30.9 Å². The van der Waals surface area contributed by atoms with Gasteiger partial charge in [0.05, 0.1) is 22.9 Å². The largest absolute Gasteiger partial charge is 0.492 e. The van der Waals surface area contributed by atoms with E-state index >= 15 is 0 Å². The first kappa shape index (κ1) is 28.4. The number of likely N-dealkylation sites (N-methyl/N-ethyl adjacent to an activating group) is 1. The van der Waals surface area contributed by atoms with Crippen molar-refractivity contribution >= 4 is 34.5 Å². The van der Waals surface area contributed by atoms with Crippen molar-refractivity contribution in [3.8, 4) is 11.5 Å². The number of hydrogen-bond donors (Lipinski definition) is 2. The van der Waals surface area contributed by atoms with Gasteiger partial charge in [0, 0.05) is 43.2 Å². The Balaban J connectivity index is 1.53. The molecule has 0 aliphatic rings. The van der Waals surface area contributed by atoms with E-state index in [4.69, 9.17) is 20.2 Å². The molecular weight excluding hydrogens is 504 g/mol. The highest BCUT2D eigenvalue weighted by atomic mass is 16.5. The summed E-state index contributed by atoms with van der Waals surface area (Å²) in [6.07, 6.45) is 5.24. The number of nitrogens with zero attached hydrogens (tertiary/aromatic N) is 6. The number of fused-ring (bicyclic) bond motifs is 1. The lowest BCUT2D eigenvalue weighted by molar-refractivity contribution is 0.259. The van der Waals surface area contributed by atoms with Crippen LogP contribution >= 0.6 is 0 Å². The fourth-order valence-corrected chi connectivity index (χ4v) is 3.82. The minimum absolute atomic E-state index is 0.167. The summed E-state index contributed by atoms with van der Waals surface area (Å²) in [5, 5.41) is 11.5. The van der Waals surface area contributed by atoms with Gasteiger partial charge in [-0.05, 0) is 62.0 Å². The molecule has 0 spiro atoms. The topological polar surface area (TPSA) is 124 Å². The molecule has 3 heterocycles. The van der Waals surface area contributed by atoms with Crippen LogP contribution in [0.4, 0.5) is 11.6 Å². The van der Waals surface area contributed by atoms with Crippen molar-refractivity contribution < 1.29 is 9.47 Å². The summed E-state index contributed by atoms with van der Waals surface area (Å²) in [5.74, 6) is 3.03. The number of nitrogens with one attached hydrogen (secondary N) is 1. The summed E-state index contributed by atoms with van der Waals surface area (Å²) < 4.78 is 11.8. The van der Waals surface area contributed by atoms with Gasteiger partial charge in [0.15, 0.2) is 5.82 Å². The van der Waals surface area contributed by atoms with Crippen molar-refractivity contribution in [3.63, 3.8) is 0 Å². The number of aliphatic imine (C=N–C) groups is 1.